The number of likely N-dealkylation sites (tertiary alicyclic amines) is 1. The van der Waals surface area contributed by atoms with E-state index in [4.69, 9.17) is 0 Å². The van der Waals surface area contributed by atoms with E-state index in [0.29, 0.717) is 18.6 Å². The van der Waals surface area contributed by atoms with Crippen LogP contribution >= 0.6 is 0 Å². The van der Waals surface area contributed by atoms with Gasteiger partial charge in [0.2, 0.25) is 11.8 Å². The molecule has 8 nitrogen and oxygen atoms in total. The lowest BCUT2D eigenvalue weighted by Gasteiger charge is -2.33. The van der Waals surface area contributed by atoms with E-state index in [1.165, 1.54) is 12.8 Å². The Morgan fingerprint density at radius 3 is 2.15 bits per heavy atom. The first-order valence-corrected chi connectivity index (χ1v) is 9.68. The van der Waals surface area contributed by atoms with Crippen molar-refractivity contribution in [2.75, 3.05) is 47.3 Å². The molecule has 1 aliphatic carbocycles. The molecule has 0 atom stereocenters. The van der Waals surface area contributed by atoms with Gasteiger partial charge in [-0.2, -0.15) is 0 Å². The van der Waals surface area contributed by atoms with Gasteiger partial charge in [0, 0.05) is 46.3 Å². The van der Waals surface area contributed by atoms with Crippen LogP contribution in [0.2, 0.25) is 0 Å². The third kappa shape index (κ3) is 6.82. The number of aliphatic imine (C=N–C) groups is 1. The van der Waals surface area contributed by atoms with Gasteiger partial charge in [-0.3, -0.25) is 14.5 Å². The Morgan fingerprint density at radius 2 is 1.62 bits per heavy atom. The summed E-state index contributed by atoms with van der Waals surface area (Å²) in [5.41, 5.74) is 0. The van der Waals surface area contributed by atoms with Gasteiger partial charge in [0.25, 0.3) is 0 Å². The average molecular weight is 367 g/mol. The van der Waals surface area contributed by atoms with Crippen molar-refractivity contribution in [2.24, 2.45) is 4.99 Å². The summed E-state index contributed by atoms with van der Waals surface area (Å²) in [6.45, 7) is 2.39. The van der Waals surface area contributed by atoms with Gasteiger partial charge in [0.15, 0.2) is 5.96 Å². The third-order valence-corrected chi connectivity index (χ3v) is 5.14. The second kappa shape index (κ2) is 10.4. The third-order valence-electron chi connectivity index (χ3n) is 5.14. The first-order chi connectivity index (χ1) is 12.5. The molecule has 8 heteroatoms. The van der Waals surface area contributed by atoms with Crippen LogP contribution < -0.4 is 16.0 Å². The second-order valence-corrected chi connectivity index (χ2v) is 7.45. The number of hydrogen-bond donors (Lipinski definition) is 3. The minimum Gasteiger partial charge on any atom is -0.358 e. The molecular weight excluding hydrogens is 332 g/mol. The Balaban J connectivity index is 1.86. The fourth-order valence-corrected chi connectivity index (χ4v) is 3.40. The smallest absolute Gasteiger partial charge is 0.243 e. The van der Waals surface area contributed by atoms with Crippen LogP contribution in [0.1, 0.15) is 38.5 Å². The lowest BCUT2D eigenvalue weighted by Crippen LogP contribution is -2.51. The molecule has 0 aromatic carbocycles. The summed E-state index contributed by atoms with van der Waals surface area (Å²) in [5.74, 6) is 0.804. The van der Waals surface area contributed by atoms with Crippen LogP contribution in [0.4, 0.5) is 0 Å². The minimum atomic E-state index is -0.00193. The first kappa shape index (κ1) is 20.5. The Labute approximate surface area is 156 Å². The highest BCUT2D eigenvalue weighted by molar-refractivity contribution is 5.85. The van der Waals surface area contributed by atoms with Gasteiger partial charge in [0.05, 0.1) is 6.54 Å². The number of nitrogens with one attached hydrogen (secondary N) is 3. The predicted octanol–water partition coefficient (Wildman–Crippen LogP) is -0.237. The quantitative estimate of drug-likeness (QED) is 0.446. The van der Waals surface area contributed by atoms with Crippen LogP contribution in [0.25, 0.3) is 0 Å². The van der Waals surface area contributed by atoms with Crippen molar-refractivity contribution in [3.05, 3.63) is 0 Å². The van der Waals surface area contributed by atoms with Crippen molar-refractivity contribution >= 4 is 17.8 Å². The molecule has 1 heterocycles. The zero-order chi connectivity index (χ0) is 18.9. The summed E-state index contributed by atoms with van der Waals surface area (Å²) in [5, 5.41) is 9.68. The molecule has 0 radical (unpaired) electrons. The molecule has 2 rings (SSSR count). The van der Waals surface area contributed by atoms with E-state index in [1.54, 1.807) is 26.0 Å². The van der Waals surface area contributed by atoms with E-state index >= 15 is 0 Å². The number of rotatable bonds is 6. The van der Waals surface area contributed by atoms with Crippen LogP contribution in [0.5, 0.6) is 0 Å². The second-order valence-electron chi connectivity index (χ2n) is 7.45. The Bertz CT molecular complexity index is 494. The van der Waals surface area contributed by atoms with Gasteiger partial charge in [-0.05, 0) is 25.7 Å². The van der Waals surface area contributed by atoms with Gasteiger partial charge in [0.1, 0.15) is 6.54 Å². The Kier molecular flexibility index (Phi) is 8.15. The molecule has 2 fully saturated rings. The molecule has 0 bridgehead atoms. The van der Waals surface area contributed by atoms with Gasteiger partial charge in [-0.1, -0.05) is 12.8 Å². The van der Waals surface area contributed by atoms with E-state index < -0.39 is 0 Å². The van der Waals surface area contributed by atoms with Crippen LogP contribution in [0.15, 0.2) is 4.99 Å². The molecule has 1 aliphatic heterocycles. The summed E-state index contributed by atoms with van der Waals surface area (Å²) in [7, 11) is 5.16. The van der Waals surface area contributed by atoms with E-state index in [1.807, 2.05) is 0 Å². The number of nitrogens with zero attached hydrogens (tertiary/aromatic N) is 3. The molecule has 0 aromatic heterocycles. The van der Waals surface area contributed by atoms with Crippen LogP contribution in [0.3, 0.4) is 0 Å². The molecule has 0 unspecified atom stereocenters. The van der Waals surface area contributed by atoms with Gasteiger partial charge in [-0.25, -0.2) is 4.99 Å². The topological polar surface area (TPSA) is 89.1 Å². The predicted molar refractivity (Wildman–Crippen MR) is 103 cm³/mol. The van der Waals surface area contributed by atoms with Gasteiger partial charge < -0.3 is 20.9 Å². The Morgan fingerprint density at radius 1 is 1.04 bits per heavy atom. The lowest BCUT2D eigenvalue weighted by atomic mass is 10.1. The number of guanidine groups is 1. The summed E-state index contributed by atoms with van der Waals surface area (Å²) in [6, 6.07) is 0.766. The minimum absolute atomic E-state index is 0.00193. The van der Waals surface area contributed by atoms with E-state index in [9.17, 15) is 9.59 Å². The van der Waals surface area contributed by atoms with E-state index in [0.717, 1.165) is 44.7 Å². The molecule has 0 aromatic rings. The number of carbonyl (C=O) groups is 2. The molecule has 1 saturated heterocycles. The highest BCUT2D eigenvalue weighted by Crippen LogP contribution is 2.17. The molecule has 3 N–H and O–H groups in total. The van der Waals surface area contributed by atoms with Crippen molar-refractivity contribution in [3.63, 3.8) is 0 Å². The van der Waals surface area contributed by atoms with Gasteiger partial charge in [-0.15, -0.1) is 0 Å². The highest BCUT2D eigenvalue weighted by Gasteiger charge is 2.23. The number of carbonyl (C=O) groups excluding carboxylic acids is 2. The summed E-state index contributed by atoms with van der Waals surface area (Å²) < 4.78 is 0. The van der Waals surface area contributed by atoms with Crippen molar-refractivity contribution in [3.8, 4) is 0 Å². The van der Waals surface area contributed by atoms with Crippen molar-refractivity contribution < 1.29 is 9.59 Å². The van der Waals surface area contributed by atoms with Crippen LogP contribution in [0, 0.1) is 0 Å². The fraction of sp³-hybridized carbons (Fsp3) is 0.833. The average Bonchev–Trinajstić information content (AvgIpc) is 3.13. The number of hydrogen-bond acceptors (Lipinski definition) is 4. The molecule has 148 valence electrons. The number of piperidine rings is 1. The summed E-state index contributed by atoms with van der Waals surface area (Å²) in [6.07, 6.45) is 6.74. The SMILES string of the molecule is CNC(=O)CN1CCC(NC(=NCC(=O)N(C)C)NC2CCCC2)CC1. The zero-order valence-corrected chi connectivity index (χ0v) is 16.4. The molecular formula is C18H34N6O2. The van der Waals surface area contributed by atoms with E-state index in [-0.39, 0.29) is 18.4 Å². The first-order valence-electron chi connectivity index (χ1n) is 9.68. The van der Waals surface area contributed by atoms with Crippen molar-refractivity contribution in [1.29, 1.82) is 0 Å². The summed E-state index contributed by atoms with van der Waals surface area (Å²) in [4.78, 5) is 31.6. The molecule has 2 aliphatic rings. The molecule has 2 amide bonds. The molecule has 1 saturated carbocycles. The van der Waals surface area contributed by atoms with Crippen LogP contribution in [-0.4, -0.2) is 87.0 Å². The van der Waals surface area contributed by atoms with Gasteiger partial charge >= 0.3 is 0 Å². The van der Waals surface area contributed by atoms with Crippen LogP contribution in [-0.2, 0) is 9.59 Å². The van der Waals surface area contributed by atoms with Crippen molar-refractivity contribution in [1.82, 2.24) is 25.8 Å². The van der Waals surface area contributed by atoms with E-state index in [2.05, 4.69) is 25.8 Å². The monoisotopic (exact) mass is 366 g/mol. The summed E-state index contributed by atoms with van der Waals surface area (Å²) >= 11 is 0. The maximum absolute atomic E-state index is 11.9. The standard InChI is InChI=1S/C18H34N6O2/c1-19-16(25)13-24-10-8-15(9-11-24)22-18(20-12-17(26)23(2)3)21-14-6-4-5-7-14/h14-15H,4-13H2,1-3H3,(H,19,25)(H2,20,21,22). The van der Waals surface area contributed by atoms with Crippen molar-refractivity contribution in [2.45, 2.75) is 50.6 Å². The molecule has 26 heavy (non-hydrogen) atoms. The Hall–Kier alpha value is -1.83. The molecule has 0 spiro atoms. The number of amides is 2. The zero-order valence-electron chi connectivity index (χ0n) is 16.4. The highest BCUT2D eigenvalue weighted by atomic mass is 16.2. The maximum atomic E-state index is 11.9. The normalized spacial score (nSPS) is 20.0. The lowest BCUT2D eigenvalue weighted by molar-refractivity contribution is -0.127. The fourth-order valence-electron chi connectivity index (χ4n) is 3.40. The largest absolute Gasteiger partial charge is 0.358 e. The maximum Gasteiger partial charge on any atom is 0.243 e. The number of likely N-dealkylation sites (N-methyl/N-ethyl adjacent to an activating group) is 2.